The van der Waals surface area contributed by atoms with Gasteiger partial charge in [0.15, 0.2) is 0 Å². The summed E-state index contributed by atoms with van der Waals surface area (Å²) in [6, 6.07) is 2.04. The van der Waals surface area contributed by atoms with Gasteiger partial charge in [-0.2, -0.15) is 0 Å². The summed E-state index contributed by atoms with van der Waals surface area (Å²) in [5.74, 6) is -1.12. The van der Waals surface area contributed by atoms with E-state index in [-0.39, 0.29) is 28.0 Å². The second-order valence-corrected chi connectivity index (χ2v) is 7.75. The van der Waals surface area contributed by atoms with Crippen LogP contribution in [-0.4, -0.2) is 31.8 Å². The fraction of sp³-hybridized carbons (Fsp3) is 0.500. The molecule has 1 aromatic rings. The van der Waals surface area contributed by atoms with Crippen molar-refractivity contribution in [3.63, 3.8) is 0 Å². The topological polar surface area (TPSA) is 54.5 Å². The molecule has 4 nitrogen and oxygen atoms in total. The van der Waals surface area contributed by atoms with E-state index < -0.39 is 14.9 Å². The average molecular weight is 334 g/mol. The summed E-state index contributed by atoms with van der Waals surface area (Å²) in [7, 11) is 1.22. The quantitative estimate of drug-likeness (QED) is 0.799. The largest absolute Gasteiger partial charge is 0.336 e. The standard InChI is InChI=1S/C14H17ClFNO3S/c1-3-11-5-4-6-17(11)14(18)12-7-10(16)8-13(9(12)2)21(15,19)20/h7-8,11H,3-6H2,1-2H3. The summed E-state index contributed by atoms with van der Waals surface area (Å²) in [5, 5.41) is 0. The van der Waals surface area contributed by atoms with Gasteiger partial charge in [0, 0.05) is 28.8 Å². The summed E-state index contributed by atoms with van der Waals surface area (Å²) in [6.45, 7) is 4.07. The summed E-state index contributed by atoms with van der Waals surface area (Å²) >= 11 is 0. The molecule has 0 aromatic heterocycles. The van der Waals surface area contributed by atoms with Crippen molar-refractivity contribution >= 4 is 25.6 Å². The van der Waals surface area contributed by atoms with Crippen LogP contribution in [0.4, 0.5) is 4.39 Å². The molecular weight excluding hydrogens is 317 g/mol. The molecule has 0 N–H and O–H groups in total. The van der Waals surface area contributed by atoms with Crippen molar-refractivity contribution in [2.75, 3.05) is 6.54 Å². The molecule has 1 atom stereocenters. The zero-order valence-corrected chi connectivity index (χ0v) is 13.5. The minimum absolute atomic E-state index is 0.0644. The third kappa shape index (κ3) is 3.21. The van der Waals surface area contributed by atoms with Crippen molar-refractivity contribution in [1.82, 2.24) is 4.90 Å². The van der Waals surface area contributed by atoms with E-state index in [1.165, 1.54) is 6.92 Å². The molecule has 1 heterocycles. The maximum atomic E-state index is 13.7. The molecule has 2 rings (SSSR count). The first-order valence-corrected chi connectivity index (χ1v) is 9.12. The highest BCUT2D eigenvalue weighted by molar-refractivity contribution is 8.13. The van der Waals surface area contributed by atoms with Crippen LogP contribution in [0.15, 0.2) is 17.0 Å². The number of benzene rings is 1. The number of hydrogen-bond donors (Lipinski definition) is 0. The number of nitrogens with zero attached hydrogens (tertiary/aromatic N) is 1. The predicted octanol–water partition coefficient (Wildman–Crippen LogP) is 3.08. The maximum absolute atomic E-state index is 13.7. The Morgan fingerprint density at radius 3 is 2.71 bits per heavy atom. The van der Waals surface area contributed by atoms with Gasteiger partial charge < -0.3 is 4.90 Å². The number of amides is 1. The third-order valence-electron chi connectivity index (χ3n) is 3.93. The molecule has 1 saturated heterocycles. The molecule has 1 aliphatic heterocycles. The molecule has 0 spiro atoms. The van der Waals surface area contributed by atoms with Crippen molar-refractivity contribution < 1.29 is 17.6 Å². The molecule has 0 saturated carbocycles. The second kappa shape index (κ2) is 5.93. The molecule has 0 radical (unpaired) electrons. The van der Waals surface area contributed by atoms with Crippen molar-refractivity contribution in [2.24, 2.45) is 0 Å². The Labute approximate surface area is 128 Å². The van der Waals surface area contributed by atoms with Crippen LogP contribution in [0.1, 0.15) is 42.1 Å². The van der Waals surface area contributed by atoms with Gasteiger partial charge in [-0.3, -0.25) is 4.79 Å². The van der Waals surface area contributed by atoms with Crippen LogP contribution in [0.25, 0.3) is 0 Å². The van der Waals surface area contributed by atoms with Crippen molar-refractivity contribution in [3.05, 3.63) is 29.1 Å². The van der Waals surface area contributed by atoms with Crippen molar-refractivity contribution in [3.8, 4) is 0 Å². The number of rotatable bonds is 3. The van der Waals surface area contributed by atoms with Gasteiger partial charge >= 0.3 is 0 Å². The van der Waals surface area contributed by atoms with Gasteiger partial charge in [-0.25, -0.2) is 12.8 Å². The first-order valence-electron chi connectivity index (χ1n) is 6.81. The number of hydrogen-bond acceptors (Lipinski definition) is 3. The third-order valence-corrected chi connectivity index (χ3v) is 5.38. The van der Waals surface area contributed by atoms with E-state index in [1.54, 1.807) is 4.90 Å². The molecular formula is C14H17ClFNO3S. The predicted molar refractivity (Wildman–Crippen MR) is 78.5 cm³/mol. The van der Waals surface area contributed by atoms with Crippen LogP contribution < -0.4 is 0 Å². The Morgan fingerprint density at radius 1 is 1.48 bits per heavy atom. The van der Waals surface area contributed by atoms with E-state index in [4.69, 9.17) is 10.7 Å². The Morgan fingerprint density at radius 2 is 2.14 bits per heavy atom. The molecule has 7 heteroatoms. The van der Waals surface area contributed by atoms with Crippen LogP contribution in [0.5, 0.6) is 0 Å². The van der Waals surface area contributed by atoms with Crippen LogP contribution in [0, 0.1) is 12.7 Å². The first-order chi connectivity index (χ1) is 9.75. The molecule has 0 bridgehead atoms. The van der Waals surface area contributed by atoms with Crippen LogP contribution >= 0.6 is 10.7 Å². The molecule has 116 valence electrons. The zero-order chi connectivity index (χ0) is 15.8. The highest BCUT2D eigenvalue weighted by atomic mass is 35.7. The summed E-state index contributed by atoms with van der Waals surface area (Å²) in [6.07, 6.45) is 2.64. The van der Waals surface area contributed by atoms with Gasteiger partial charge in [0.05, 0.1) is 4.90 Å². The van der Waals surface area contributed by atoms with E-state index in [1.807, 2.05) is 6.92 Å². The van der Waals surface area contributed by atoms with Crippen molar-refractivity contribution in [1.29, 1.82) is 0 Å². The summed E-state index contributed by atoms with van der Waals surface area (Å²) in [5.41, 5.74) is 0.257. The second-order valence-electron chi connectivity index (χ2n) is 5.22. The first kappa shape index (κ1) is 16.2. The molecule has 1 amide bonds. The molecule has 1 aromatic carbocycles. The monoisotopic (exact) mass is 333 g/mol. The summed E-state index contributed by atoms with van der Waals surface area (Å²) < 4.78 is 36.7. The zero-order valence-electron chi connectivity index (χ0n) is 11.9. The lowest BCUT2D eigenvalue weighted by Crippen LogP contribution is -2.35. The summed E-state index contributed by atoms with van der Waals surface area (Å²) in [4.78, 5) is 13.9. The lowest BCUT2D eigenvalue weighted by molar-refractivity contribution is 0.0732. The fourth-order valence-corrected chi connectivity index (χ4v) is 4.02. The fourth-order valence-electron chi connectivity index (χ4n) is 2.81. The minimum atomic E-state index is -4.09. The Balaban J connectivity index is 2.49. The number of halogens is 2. The van der Waals surface area contributed by atoms with Gasteiger partial charge in [-0.05, 0) is 43.9 Å². The van der Waals surface area contributed by atoms with Gasteiger partial charge in [-0.1, -0.05) is 6.92 Å². The smallest absolute Gasteiger partial charge is 0.261 e. The van der Waals surface area contributed by atoms with Crippen LogP contribution in [0.2, 0.25) is 0 Å². The van der Waals surface area contributed by atoms with E-state index in [0.717, 1.165) is 31.4 Å². The van der Waals surface area contributed by atoms with Gasteiger partial charge in [0.25, 0.3) is 15.0 Å². The highest BCUT2D eigenvalue weighted by Gasteiger charge is 2.30. The molecule has 21 heavy (non-hydrogen) atoms. The number of carbonyl (C=O) groups excluding carboxylic acids is 1. The van der Waals surface area contributed by atoms with E-state index >= 15 is 0 Å². The van der Waals surface area contributed by atoms with Gasteiger partial charge in [0.2, 0.25) is 0 Å². The maximum Gasteiger partial charge on any atom is 0.261 e. The van der Waals surface area contributed by atoms with Crippen molar-refractivity contribution in [2.45, 2.75) is 44.0 Å². The Hall–Kier alpha value is -1.14. The number of carbonyl (C=O) groups is 1. The molecule has 1 fully saturated rings. The van der Waals surface area contributed by atoms with E-state index in [0.29, 0.717) is 6.54 Å². The molecule has 0 aliphatic carbocycles. The normalized spacial score (nSPS) is 19.0. The molecule has 1 aliphatic rings. The van der Waals surface area contributed by atoms with Crippen LogP contribution in [-0.2, 0) is 9.05 Å². The Kier molecular flexibility index (Phi) is 4.58. The average Bonchev–Trinajstić information content (AvgIpc) is 2.87. The number of likely N-dealkylation sites (tertiary alicyclic amines) is 1. The van der Waals surface area contributed by atoms with E-state index in [9.17, 15) is 17.6 Å². The van der Waals surface area contributed by atoms with Gasteiger partial charge in [0.1, 0.15) is 5.82 Å². The van der Waals surface area contributed by atoms with E-state index in [2.05, 4.69) is 0 Å². The SMILES string of the molecule is CCC1CCCN1C(=O)c1cc(F)cc(S(=O)(=O)Cl)c1C. The van der Waals surface area contributed by atoms with Gasteiger partial charge in [-0.15, -0.1) is 0 Å². The minimum Gasteiger partial charge on any atom is -0.336 e. The molecule has 1 unspecified atom stereocenters. The van der Waals surface area contributed by atoms with Crippen LogP contribution in [0.3, 0.4) is 0 Å². The lowest BCUT2D eigenvalue weighted by Gasteiger charge is -2.24. The Bertz CT molecular complexity index is 675. The highest BCUT2D eigenvalue weighted by Crippen LogP contribution is 2.28. The lowest BCUT2D eigenvalue weighted by atomic mass is 10.1.